The summed E-state index contributed by atoms with van der Waals surface area (Å²) in [5.41, 5.74) is 0. The molecule has 2 aromatic rings. The van der Waals surface area contributed by atoms with Crippen LogP contribution in [0.3, 0.4) is 0 Å². The van der Waals surface area contributed by atoms with Gasteiger partial charge < -0.3 is 14.0 Å². The van der Waals surface area contributed by atoms with Crippen molar-refractivity contribution >= 4 is 10.5 Å². The van der Waals surface area contributed by atoms with Gasteiger partial charge in [-0.3, -0.25) is 0 Å². The van der Waals surface area contributed by atoms with Crippen molar-refractivity contribution in [3.05, 3.63) is 48.5 Å². The van der Waals surface area contributed by atoms with E-state index in [0.717, 1.165) is 12.1 Å². The molecule has 0 saturated carbocycles. The van der Waals surface area contributed by atoms with Crippen LogP contribution in [0, 0.1) is 0 Å². The summed E-state index contributed by atoms with van der Waals surface area (Å²) in [6.45, 7) is 0. The first-order chi connectivity index (χ1) is 9.41. The number of hydrogen-bond acceptors (Lipinski definition) is 3. The molecule has 0 aliphatic heterocycles. The zero-order valence-corrected chi connectivity index (χ0v) is 11.0. The van der Waals surface area contributed by atoms with Gasteiger partial charge in [0.15, 0.2) is 11.5 Å². The topological polar surface area (TPSA) is 38.7 Å². The highest BCUT2D eigenvalue weighted by Crippen LogP contribution is 2.97. The fourth-order valence-corrected chi connectivity index (χ4v) is 1.89. The Morgan fingerprint density at radius 3 is 1.81 bits per heavy atom. The molecule has 0 fully saturated rings. The number of phenols is 1. The molecule has 3 nitrogen and oxygen atoms in total. The van der Waals surface area contributed by atoms with E-state index in [-0.39, 0.29) is 11.5 Å². The minimum absolute atomic E-state index is 0.0472. The Balaban J connectivity index is 2.32. The van der Waals surface area contributed by atoms with Crippen LogP contribution in [0.5, 0.6) is 23.0 Å². The number of ether oxygens (including phenoxy) is 1. The Hall–Kier alpha value is -2.16. The second kappa shape index (κ2) is 4.17. The number of aromatic hydroxyl groups is 1. The molecule has 0 bridgehead atoms. The van der Waals surface area contributed by atoms with E-state index in [2.05, 4.69) is 4.18 Å². The predicted octanol–water partition coefficient (Wildman–Crippen LogP) is 5.78. The van der Waals surface area contributed by atoms with Gasteiger partial charge >= 0.3 is 10.5 Å². The average molecular weight is 328 g/mol. The lowest BCUT2D eigenvalue weighted by Gasteiger charge is -2.39. The van der Waals surface area contributed by atoms with Gasteiger partial charge in [-0.05, 0) is 36.4 Å². The smallest absolute Gasteiger partial charge is 0.435 e. The fourth-order valence-electron chi connectivity index (χ4n) is 1.41. The molecule has 0 aromatic heterocycles. The summed E-state index contributed by atoms with van der Waals surface area (Å²) >= 11 is 0. The van der Waals surface area contributed by atoms with Gasteiger partial charge in [0, 0.05) is 0 Å². The Morgan fingerprint density at radius 1 is 0.762 bits per heavy atom. The average Bonchev–Trinajstić information content (AvgIpc) is 2.31. The van der Waals surface area contributed by atoms with Crippen molar-refractivity contribution in [1.29, 1.82) is 0 Å². The number of benzene rings is 2. The Labute approximate surface area is 116 Å². The van der Waals surface area contributed by atoms with Gasteiger partial charge in [-0.25, -0.2) is 0 Å². The lowest BCUT2D eigenvalue weighted by Crippen LogP contribution is -2.14. The first-order valence-electron chi connectivity index (χ1n) is 5.42. The summed E-state index contributed by atoms with van der Waals surface area (Å²) in [7, 11) is -10.1. The molecule has 0 aliphatic carbocycles. The minimum atomic E-state index is -10.1. The van der Waals surface area contributed by atoms with Gasteiger partial charge in [-0.1, -0.05) is 31.6 Å². The summed E-state index contributed by atoms with van der Waals surface area (Å²) in [4.78, 5) is 0. The second-order valence-corrected chi connectivity index (χ2v) is 5.99. The third-order valence-corrected chi connectivity index (χ3v) is 2.66. The molecule has 0 aliphatic rings. The molecule has 0 atom stereocenters. The SMILES string of the molecule is Oc1ccc(Oc2ccccc2OS(F)(F)(F)(F)F)cc1. The molecule has 0 heterocycles. The van der Waals surface area contributed by atoms with Crippen LogP contribution in [0.4, 0.5) is 19.4 Å². The highest BCUT2D eigenvalue weighted by atomic mass is 32.5. The largest absolute Gasteiger partial charge is 0.508 e. The van der Waals surface area contributed by atoms with Gasteiger partial charge in [0.1, 0.15) is 11.5 Å². The predicted molar refractivity (Wildman–Crippen MR) is 68.4 cm³/mol. The highest BCUT2D eigenvalue weighted by Gasteiger charge is 2.67. The van der Waals surface area contributed by atoms with Crippen LogP contribution in [0.1, 0.15) is 0 Å². The van der Waals surface area contributed by atoms with Crippen LogP contribution in [0.25, 0.3) is 0 Å². The summed E-state index contributed by atoms with van der Waals surface area (Å²) in [6.07, 6.45) is 0. The maximum absolute atomic E-state index is 12.4. The van der Waals surface area contributed by atoms with E-state index in [0.29, 0.717) is 6.07 Å². The first kappa shape index (κ1) is 15.2. The number of hydrogen-bond donors (Lipinski definition) is 1. The molecule has 116 valence electrons. The molecule has 0 unspecified atom stereocenters. The molecule has 2 aromatic carbocycles. The van der Waals surface area contributed by atoms with Crippen molar-refractivity contribution in [2.75, 3.05) is 0 Å². The summed E-state index contributed by atoms with van der Waals surface area (Å²) in [6, 6.07) is 9.13. The van der Waals surface area contributed by atoms with Crippen molar-refractivity contribution < 1.29 is 33.5 Å². The quantitative estimate of drug-likeness (QED) is 0.723. The number of rotatable bonds is 4. The van der Waals surface area contributed by atoms with E-state index < -0.39 is 22.0 Å². The molecule has 21 heavy (non-hydrogen) atoms. The Morgan fingerprint density at radius 2 is 1.29 bits per heavy atom. The normalized spacial score (nSPS) is 14.9. The minimum Gasteiger partial charge on any atom is -0.508 e. The Kier molecular flexibility index (Phi) is 3.02. The molecule has 0 saturated heterocycles. The molecule has 0 radical (unpaired) electrons. The van der Waals surface area contributed by atoms with Crippen LogP contribution in [-0.2, 0) is 0 Å². The van der Waals surface area contributed by atoms with Gasteiger partial charge in [0.2, 0.25) is 0 Å². The van der Waals surface area contributed by atoms with Gasteiger partial charge in [-0.15, -0.1) is 0 Å². The molecule has 0 spiro atoms. The second-order valence-electron chi connectivity index (χ2n) is 4.02. The zero-order chi connectivity index (χ0) is 15.8. The van der Waals surface area contributed by atoms with E-state index in [1.165, 1.54) is 30.3 Å². The monoisotopic (exact) mass is 328 g/mol. The lowest BCUT2D eigenvalue weighted by molar-refractivity contribution is 0.239. The van der Waals surface area contributed by atoms with Crippen LogP contribution < -0.4 is 8.92 Å². The maximum atomic E-state index is 12.4. The van der Waals surface area contributed by atoms with Crippen molar-refractivity contribution in [3.63, 3.8) is 0 Å². The molecular weight excluding hydrogens is 319 g/mol. The molecule has 1 N–H and O–H groups in total. The van der Waals surface area contributed by atoms with Crippen LogP contribution in [0.15, 0.2) is 48.5 Å². The molecule has 2 rings (SSSR count). The Bertz CT molecular complexity index is 655. The number of para-hydroxylation sites is 2. The van der Waals surface area contributed by atoms with Gasteiger partial charge in [0.25, 0.3) is 0 Å². The van der Waals surface area contributed by atoms with E-state index in [9.17, 15) is 19.4 Å². The van der Waals surface area contributed by atoms with Crippen molar-refractivity contribution in [3.8, 4) is 23.0 Å². The van der Waals surface area contributed by atoms with Crippen molar-refractivity contribution in [2.24, 2.45) is 0 Å². The first-order valence-corrected chi connectivity index (χ1v) is 7.30. The lowest BCUT2D eigenvalue weighted by atomic mass is 10.3. The van der Waals surface area contributed by atoms with E-state index in [1.807, 2.05) is 0 Å². The summed E-state index contributed by atoms with van der Waals surface area (Å²) in [5, 5.41) is 9.07. The van der Waals surface area contributed by atoms with E-state index >= 15 is 0 Å². The van der Waals surface area contributed by atoms with E-state index in [1.54, 1.807) is 0 Å². The van der Waals surface area contributed by atoms with E-state index in [4.69, 9.17) is 9.84 Å². The summed E-state index contributed by atoms with van der Waals surface area (Å²) in [5.74, 6) is -1.72. The zero-order valence-electron chi connectivity index (χ0n) is 10.2. The maximum Gasteiger partial charge on any atom is 0.435 e. The highest BCUT2D eigenvalue weighted by molar-refractivity contribution is 8.42. The molecule has 0 amide bonds. The molecule has 9 heteroatoms. The third kappa shape index (κ3) is 5.03. The van der Waals surface area contributed by atoms with Crippen LogP contribution in [-0.4, -0.2) is 5.11 Å². The third-order valence-electron chi connectivity index (χ3n) is 2.16. The standard InChI is InChI=1S/C12H9F5O3S/c13-21(14,15,16,17)20-12-4-2-1-3-11(12)19-10-7-5-9(18)6-8-10/h1-8,18H. The number of halogens is 5. The number of phenolic OH excluding ortho intramolecular Hbond substituents is 1. The van der Waals surface area contributed by atoms with Crippen molar-refractivity contribution in [2.45, 2.75) is 0 Å². The van der Waals surface area contributed by atoms with Crippen LogP contribution >= 0.6 is 10.5 Å². The van der Waals surface area contributed by atoms with Crippen molar-refractivity contribution in [1.82, 2.24) is 0 Å². The fraction of sp³-hybridized carbons (Fsp3) is 0. The summed E-state index contributed by atoms with van der Waals surface area (Å²) < 4.78 is 69.9. The van der Waals surface area contributed by atoms with Gasteiger partial charge in [0.05, 0.1) is 0 Å². The molecular formula is C12H9F5O3S. The van der Waals surface area contributed by atoms with Crippen LogP contribution in [0.2, 0.25) is 0 Å². The van der Waals surface area contributed by atoms with Gasteiger partial charge in [-0.2, -0.15) is 0 Å².